The molecule has 128 valence electrons. The third-order valence-electron chi connectivity index (χ3n) is 3.28. The van der Waals surface area contributed by atoms with Crippen molar-refractivity contribution in [3.05, 3.63) is 29.8 Å². The number of nitrogens with zero attached hydrogens (tertiary/aromatic N) is 1. The van der Waals surface area contributed by atoms with E-state index in [1.807, 2.05) is 49.9 Å². The SMILES string of the molecule is CC(C)(C)NC(=O)NC(=O)CN1CCNCc2ccccc21.Cl. The van der Waals surface area contributed by atoms with Crippen LogP contribution in [0.25, 0.3) is 0 Å². The van der Waals surface area contributed by atoms with E-state index in [4.69, 9.17) is 0 Å². The van der Waals surface area contributed by atoms with Gasteiger partial charge in [-0.3, -0.25) is 10.1 Å². The van der Waals surface area contributed by atoms with Crippen LogP contribution in [0.3, 0.4) is 0 Å². The van der Waals surface area contributed by atoms with Crippen molar-refractivity contribution in [3.63, 3.8) is 0 Å². The minimum atomic E-state index is -0.460. The van der Waals surface area contributed by atoms with E-state index in [1.54, 1.807) is 0 Å². The molecule has 0 spiro atoms. The Balaban J connectivity index is 0.00000264. The number of urea groups is 1. The quantitative estimate of drug-likeness (QED) is 0.765. The van der Waals surface area contributed by atoms with Gasteiger partial charge in [0.05, 0.1) is 6.54 Å². The molecule has 0 bridgehead atoms. The summed E-state index contributed by atoms with van der Waals surface area (Å²) in [7, 11) is 0. The molecule has 1 aliphatic rings. The average Bonchev–Trinajstić information content (AvgIpc) is 2.59. The number of hydrogen-bond donors (Lipinski definition) is 3. The molecule has 7 heteroatoms. The molecule has 0 atom stereocenters. The second-order valence-electron chi connectivity index (χ2n) is 6.48. The Bertz CT molecular complexity index is 557. The number of para-hydroxylation sites is 1. The number of anilines is 1. The van der Waals surface area contributed by atoms with Crippen molar-refractivity contribution in [1.82, 2.24) is 16.0 Å². The van der Waals surface area contributed by atoms with Gasteiger partial charge in [-0.1, -0.05) is 18.2 Å². The number of fused-ring (bicyclic) bond motifs is 1. The average molecular weight is 341 g/mol. The van der Waals surface area contributed by atoms with E-state index in [0.29, 0.717) is 0 Å². The van der Waals surface area contributed by atoms with Gasteiger partial charge in [-0.05, 0) is 32.4 Å². The van der Waals surface area contributed by atoms with Gasteiger partial charge >= 0.3 is 6.03 Å². The molecule has 0 aromatic heterocycles. The molecule has 3 amide bonds. The van der Waals surface area contributed by atoms with Crippen LogP contribution in [0.15, 0.2) is 24.3 Å². The minimum Gasteiger partial charge on any atom is -0.361 e. The van der Waals surface area contributed by atoms with Crippen LogP contribution in [-0.4, -0.2) is 37.1 Å². The lowest BCUT2D eigenvalue weighted by atomic mass is 10.1. The Labute approximate surface area is 143 Å². The minimum absolute atomic E-state index is 0. The molecule has 0 radical (unpaired) electrons. The fourth-order valence-electron chi connectivity index (χ4n) is 2.40. The fraction of sp³-hybridized carbons (Fsp3) is 0.500. The van der Waals surface area contributed by atoms with E-state index in [2.05, 4.69) is 16.0 Å². The number of amides is 3. The van der Waals surface area contributed by atoms with Crippen LogP contribution in [-0.2, 0) is 11.3 Å². The van der Waals surface area contributed by atoms with Gasteiger partial charge in [-0.2, -0.15) is 0 Å². The summed E-state index contributed by atoms with van der Waals surface area (Å²) in [6, 6.07) is 7.54. The maximum absolute atomic E-state index is 12.1. The van der Waals surface area contributed by atoms with E-state index in [0.717, 1.165) is 30.9 Å². The summed E-state index contributed by atoms with van der Waals surface area (Å²) in [6.45, 7) is 8.09. The van der Waals surface area contributed by atoms with Gasteiger partial charge in [0.25, 0.3) is 0 Å². The van der Waals surface area contributed by atoms with Crippen LogP contribution in [0.5, 0.6) is 0 Å². The van der Waals surface area contributed by atoms with Gasteiger partial charge < -0.3 is 15.5 Å². The summed E-state index contributed by atoms with van der Waals surface area (Å²) in [5, 5.41) is 8.43. The lowest BCUT2D eigenvalue weighted by molar-refractivity contribution is -0.118. The van der Waals surface area contributed by atoms with Crippen LogP contribution in [0.4, 0.5) is 10.5 Å². The molecule has 2 rings (SSSR count). The summed E-state index contributed by atoms with van der Waals surface area (Å²) in [6.07, 6.45) is 0. The van der Waals surface area contributed by atoms with Crippen LogP contribution >= 0.6 is 12.4 Å². The molecule has 0 unspecified atom stereocenters. The molecule has 0 saturated heterocycles. The van der Waals surface area contributed by atoms with Crippen molar-refractivity contribution >= 4 is 30.0 Å². The molecule has 1 aromatic rings. The summed E-state index contributed by atoms with van der Waals surface area (Å²) < 4.78 is 0. The Morgan fingerprint density at radius 1 is 1.26 bits per heavy atom. The summed E-state index contributed by atoms with van der Waals surface area (Å²) in [5.41, 5.74) is 1.83. The maximum atomic E-state index is 12.1. The molecule has 0 aliphatic carbocycles. The van der Waals surface area contributed by atoms with E-state index in [-0.39, 0.29) is 30.4 Å². The van der Waals surface area contributed by atoms with Gasteiger partial charge in [-0.25, -0.2) is 4.79 Å². The molecular weight excluding hydrogens is 316 g/mol. The number of rotatable bonds is 2. The van der Waals surface area contributed by atoms with Crippen molar-refractivity contribution in [2.45, 2.75) is 32.9 Å². The first-order chi connectivity index (χ1) is 10.3. The predicted molar refractivity (Wildman–Crippen MR) is 94.0 cm³/mol. The van der Waals surface area contributed by atoms with E-state index < -0.39 is 6.03 Å². The lowest BCUT2D eigenvalue weighted by Crippen LogP contribution is -2.50. The third kappa shape index (κ3) is 6.08. The molecule has 1 heterocycles. The molecule has 0 fully saturated rings. The largest absolute Gasteiger partial charge is 0.361 e. The number of carbonyl (C=O) groups is 2. The summed E-state index contributed by atoms with van der Waals surface area (Å²) in [5.74, 6) is -0.307. The molecule has 1 aliphatic heterocycles. The number of nitrogens with one attached hydrogen (secondary N) is 3. The van der Waals surface area contributed by atoms with Crippen molar-refractivity contribution in [1.29, 1.82) is 0 Å². The highest BCUT2D eigenvalue weighted by Gasteiger charge is 2.20. The maximum Gasteiger partial charge on any atom is 0.321 e. The molecule has 1 aromatic carbocycles. The Hall–Kier alpha value is -1.79. The zero-order valence-electron chi connectivity index (χ0n) is 13.8. The highest BCUT2D eigenvalue weighted by molar-refractivity contribution is 5.96. The number of benzene rings is 1. The Kier molecular flexibility index (Phi) is 6.84. The van der Waals surface area contributed by atoms with E-state index >= 15 is 0 Å². The molecule has 3 N–H and O–H groups in total. The molecule has 6 nitrogen and oxygen atoms in total. The smallest absolute Gasteiger partial charge is 0.321 e. The highest BCUT2D eigenvalue weighted by atomic mass is 35.5. The number of imide groups is 1. The standard InChI is InChI=1S/C16H24N4O2.ClH/c1-16(2,3)19-15(22)18-14(21)11-20-9-8-17-10-12-6-4-5-7-13(12)20;/h4-7,17H,8-11H2,1-3H3,(H2,18,19,21,22);1H. The molecule has 23 heavy (non-hydrogen) atoms. The monoisotopic (exact) mass is 340 g/mol. The van der Waals surface area contributed by atoms with Gasteiger partial charge in [0, 0.05) is 30.9 Å². The van der Waals surface area contributed by atoms with E-state index in [9.17, 15) is 9.59 Å². The number of hydrogen-bond acceptors (Lipinski definition) is 4. The van der Waals surface area contributed by atoms with Gasteiger partial charge in [-0.15, -0.1) is 12.4 Å². The third-order valence-corrected chi connectivity index (χ3v) is 3.28. The van der Waals surface area contributed by atoms with Crippen molar-refractivity contribution < 1.29 is 9.59 Å². The first-order valence-electron chi connectivity index (χ1n) is 7.51. The van der Waals surface area contributed by atoms with Gasteiger partial charge in [0.2, 0.25) is 5.91 Å². The fourth-order valence-corrected chi connectivity index (χ4v) is 2.40. The predicted octanol–water partition coefficient (Wildman–Crippen LogP) is 1.64. The number of carbonyl (C=O) groups excluding carboxylic acids is 2. The zero-order chi connectivity index (χ0) is 16.2. The Morgan fingerprint density at radius 2 is 1.96 bits per heavy atom. The molecule has 0 saturated carbocycles. The van der Waals surface area contributed by atoms with Crippen molar-refractivity contribution in [3.8, 4) is 0 Å². The highest BCUT2D eigenvalue weighted by Crippen LogP contribution is 2.21. The van der Waals surface area contributed by atoms with Crippen LogP contribution in [0, 0.1) is 0 Å². The molecular formula is C16H25ClN4O2. The van der Waals surface area contributed by atoms with Crippen LogP contribution in [0.1, 0.15) is 26.3 Å². The topological polar surface area (TPSA) is 73.5 Å². The van der Waals surface area contributed by atoms with Crippen LogP contribution in [0.2, 0.25) is 0 Å². The van der Waals surface area contributed by atoms with Crippen molar-refractivity contribution in [2.24, 2.45) is 0 Å². The first-order valence-corrected chi connectivity index (χ1v) is 7.51. The summed E-state index contributed by atoms with van der Waals surface area (Å²) >= 11 is 0. The van der Waals surface area contributed by atoms with Gasteiger partial charge in [0.1, 0.15) is 0 Å². The second kappa shape index (κ2) is 8.17. The Morgan fingerprint density at radius 3 is 2.65 bits per heavy atom. The van der Waals surface area contributed by atoms with Gasteiger partial charge in [0.15, 0.2) is 0 Å². The number of halogens is 1. The zero-order valence-corrected chi connectivity index (χ0v) is 14.6. The normalized spacial score (nSPS) is 14.1. The first kappa shape index (κ1) is 19.3. The van der Waals surface area contributed by atoms with Crippen LogP contribution < -0.4 is 20.9 Å². The van der Waals surface area contributed by atoms with E-state index in [1.165, 1.54) is 0 Å². The second-order valence-corrected chi connectivity index (χ2v) is 6.48. The summed E-state index contributed by atoms with van der Waals surface area (Å²) in [4.78, 5) is 25.8. The lowest BCUT2D eigenvalue weighted by Gasteiger charge is -2.24. The van der Waals surface area contributed by atoms with Crippen molar-refractivity contribution in [2.75, 3.05) is 24.5 Å².